The summed E-state index contributed by atoms with van der Waals surface area (Å²) in [6, 6.07) is 8.02. The first-order valence-electron chi connectivity index (χ1n) is 14.4. The summed E-state index contributed by atoms with van der Waals surface area (Å²) in [5.41, 5.74) is -1.10. The molecule has 0 amide bonds. The molecule has 5 nitrogen and oxygen atoms in total. The highest BCUT2D eigenvalue weighted by Crippen LogP contribution is 2.47. The molecular formula is C30H33F6N5S. The van der Waals surface area contributed by atoms with Crippen molar-refractivity contribution >= 4 is 28.6 Å². The van der Waals surface area contributed by atoms with Crippen molar-refractivity contribution < 1.29 is 26.3 Å². The molecule has 0 radical (unpaired) electrons. The summed E-state index contributed by atoms with van der Waals surface area (Å²) < 4.78 is 78.4. The summed E-state index contributed by atoms with van der Waals surface area (Å²) in [7, 11) is 0. The molecule has 3 fully saturated rings. The average molecular weight is 610 g/mol. The molecule has 1 aromatic carbocycles. The zero-order chi connectivity index (χ0) is 30.1. The van der Waals surface area contributed by atoms with Crippen LogP contribution in [0.15, 0.2) is 36.5 Å². The summed E-state index contributed by atoms with van der Waals surface area (Å²) >= 11 is 5.82. The van der Waals surface area contributed by atoms with Crippen molar-refractivity contribution in [3.63, 3.8) is 0 Å². The van der Waals surface area contributed by atoms with Crippen LogP contribution in [0.5, 0.6) is 0 Å². The van der Waals surface area contributed by atoms with Crippen LogP contribution in [0.3, 0.4) is 0 Å². The van der Waals surface area contributed by atoms with Gasteiger partial charge in [-0.15, -0.1) is 0 Å². The number of rotatable bonds is 6. The molecule has 42 heavy (non-hydrogen) atoms. The molecule has 2 heterocycles. The first kappa shape index (κ1) is 30.4. The Labute approximate surface area is 246 Å². The number of nitriles is 1. The summed E-state index contributed by atoms with van der Waals surface area (Å²) in [4.78, 5) is 8.77. The molecule has 226 valence electrons. The van der Waals surface area contributed by atoms with Gasteiger partial charge in [-0.2, -0.15) is 31.6 Å². The zero-order valence-corrected chi connectivity index (χ0v) is 23.8. The Balaban J connectivity index is 1.06. The summed E-state index contributed by atoms with van der Waals surface area (Å²) in [6.45, 7) is 2.78. The topological polar surface area (TPSA) is 55.2 Å². The number of halogens is 6. The second-order valence-corrected chi connectivity index (χ2v) is 12.1. The number of thiocarbonyl (C=S) groups is 1. The van der Waals surface area contributed by atoms with Crippen LogP contribution in [0.25, 0.3) is 0 Å². The number of hydrogen-bond acceptors (Lipinski definition) is 5. The van der Waals surface area contributed by atoms with Crippen molar-refractivity contribution in [1.82, 2.24) is 9.88 Å². The fourth-order valence-electron chi connectivity index (χ4n) is 6.67. The third kappa shape index (κ3) is 6.93. The summed E-state index contributed by atoms with van der Waals surface area (Å²) in [6.07, 6.45) is -0.730. The molecule has 3 aliphatic rings. The fourth-order valence-corrected chi connectivity index (χ4v) is 7.07. The predicted octanol–water partition coefficient (Wildman–Crippen LogP) is 7.53. The molecule has 2 aliphatic carbocycles. The van der Waals surface area contributed by atoms with E-state index in [-0.39, 0.29) is 11.6 Å². The molecule has 5 rings (SSSR count). The maximum Gasteiger partial charge on any atom is 0.433 e. The van der Waals surface area contributed by atoms with Gasteiger partial charge >= 0.3 is 12.4 Å². The summed E-state index contributed by atoms with van der Waals surface area (Å²) in [5, 5.41) is 12.3. The second kappa shape index (κ2) is 12.3. The maximum atomic E-state index is 13.3. The molecule has 1 aromatic heterocycles. The lowest BCUT2D eigenvalue weighted by Gasteiger charge is -2.46. The van der Waals surface area contributed by atoms with Gasteiger partial charge in [-0.25, -0.2) is 4.98 Å². The number of nitrogens with one attached hydrogen (secondary N) is 1. The van der Waals surface area contributed by atoms with Crippen molar-refractivity contribution in [3.8, 4) is 6.07 Å². The van der Waals surface area contributed by atoms with E-state index in [9.17, 15) is 26.3 Å². The molecular weight excluding hydrogens is 576 g/mol. The zero-order valence-electron chi connectivity index (χ0n) is 23.0. The molecule has 1 aliphatic heterocycles. The largest absolute Gasteiger partial charge is 0.433 e. The minimum Gasteiger partial charge on any atom is -0.382 e. The first-order valence-corrected chi connectivity index (χ1v) is 14.8. The van der Waals surface area contributed by atoms with Crippen LogP contribution >= 0.6 is 12.2 Å². The highest BCUT2D eigenvalue weighted by atomic mass is 32.1. The van der Waals surface area contributed by atoms with Gasteiger partial charge in [0.05, 0.1) is 34.1 Å². The van der Waals surface area contributed by atoms with E-state index in [4.69, 9.17) is 17.5 Å². The van der Waals surface area contributed by atoms with Crippen LogP contribution in [-0.2, 0) is 12.4 Å². The third-order valence-corrected chi connectivity index (χ3v) is 9.57. The lowest BCUT2D eigenvalue weighted by molar-refractivity contribution is -0.141. The van der Waals surface area contributed by atoms with Gasteiger partial charge in [0.2, 0.25) is 0 Å². The van der Waals surface area contributed by atoms with E-state index in [1.165, 1.54) is 24.8 Å². The maximum absolute atomic E-state index is 13.3. The Kier molecular flexibility index (Phi) is 8.88. The van der Waals surface area contributed by atoms with Crippen molar-refractivity contribution in [3.05, 3.63) is 53.3 Å². The van der Waals surface area contributed by atoms with Crippen molar-refractivity contribution in [2.24, 2.45) is 17.8 Å². The van der Waals surface area contributed by atoms with Crippen LogP contribution in [0.2, 0.25) is 0 Å². The standard InChI is InChI=1S/C30H33F6N5S/c31-29(32,33)26-16-23(7-3-21(26)17-37)39-22-5-1-19(2-6-22)25-9-4-20(25)15-28(42)41-13-11-40(12-14-41)24-8-10-27(38-18-24)30(34,35)36/h3,7-8,10,16,18-20,22,25,39H,1-2,4-6,9,11-15H2. The van der Waals surface area contributed by atoms with E-state index in [1.807, 2.05) is 4.90 Å². The number of alkyl halides is 6. The number of anilines is 2. The number of benzene rings is 1. The van der Waals surface area contributed by atoms with Crippen LogP contribution in [0.1, 0.15) is 61.8 Å². The van der Waals surface area contributed by atoms with Gasteiger partial charge in [0.1, 0.15) is 5.69 Å². The quantitative estimate of drug-likeness (QED) is 0.270. The van der Waals surface area contributed by atoms with Crippen molar-refractivity contribution in [2.45, 2.75) is 63.3 Å². The predicted molar refractivity (Wildman–Crippen MR) is 152 cm³/mol. The number of nitrogens with zero attached hydrogens (tertiary/aromatic N) is 4. The average Bonchev–Trinajstić information content (AvgIpc) is 2.95. The van der Waals surface area contributed by atoms with E-state index < -0.39 is 23.6 Å². The molecule has 2 unspecified atom stereocenters. The van der Waals surface area contributed by atoms with E-state index in [2.05, 4.69) is 15.2 Å². The van der Waals surface area contributed by atoms with Gasteiger partial charge in [-0.1, -0.05) is 12.2 Å². The lowest BCUT2D eigenvalue weighted by Crippen LogP contribution is -2.49. The molecule has 1 saturated heterocycles. The van der Waals surface area contributed by atoms with E-state index >= 15 is 0 Å². The fraction of sp³-hybridized carbons (Fsp3) is 0.567. The lowest BCUT2D eigenvalue weighted by atomic mass is 9.62. The Morgan fingerprint density at radius 1 is 0.929 bits per heavy atom. The Morgan fingerprint density at radius 2 is 1.64 bits per heavy atom. The van der Waals surface area contributed by atoms with Crippen LogP contribution in [0.4, 0.5) is 37.7 Å². The normalized spacial score (nSPS) is 25.0. The molecule has 1 N–H and O–H groups in total. The van der Waals surface area contributed by atoms with Gasteiger partial charge in [0.15, 0.2) is 0 Å². The van der Waals surface area contributed by atoms with Crippen molar-refractivity contribution in [2.75, 3.05) is 36.4 Å². The van der Waals surface area contributed by atoms with Crippen LogP contribution in [-0.4, -0.2) is 47.1 Å². The van der Waals surface area contributed by atoms with Gasteiger partial charge < -0.3 is 15.1 Å². The number of aromatic nitrogens is 1. The molecule has 12 heteroatoms. The molecule has 2 atom stereocenters. The molecule has 0 bridgehead atoms. The van der Waals surface area contributed by atoms with Crippen LogP contribution in [0, 0.1) is 29.1 Å². The van der Waals surface area contributed by atoms with Gasteiger partial charge in [0.25, 0.3) is 0 Å². The number of piperazine rings is 1. The van der Waals surface area contributed by atoms with Gasteiger partial charge in [0, 0.05) is 44.3 Å². The van der Waals surface area contributed by atoms with E-state index in [1.54, 1.807) is 12.1 Å². The van der Waals surface area contributed by atoms with Crippen molar-refractivity contribution in [1.29, 1.82) is 5.26 Å². The minimum atomic E-state index is -4.57. The van der Waals surface area contributed by atoms with Crippen LogP contribution < -0.4 is 10.2 Å². The minimum absolute atomic E-state index is 0.103. The monoisotopic (exact) mass is 609 g/mol. The van der Waals surface area contributed by atoms with E-state index in [0.717, 1.165) is 68.7 Å². The Bertz CT molecular complexity index is 1290. The van der Waals surface area contributed by atoms with E-state index in [0.29, 0.717) is 42.2 Å². The Morgan fingerprint density at radius 3 is 2.19 bits per heavy atom. The molecule has 2 saturated carbocycles. The van der Waals surface area contributed by atoms with Gasteiger partial charge in [-0.3, -0.25) is 0 Å². The van der Waals surface area contributed by atoms with Gasteiger partial charge in [-0.05, 0) is 86.6 Å². The SMILES string of the molecule is N#Cc1ccc(NC2CCC(C3CCC3CC(=S)N3CCN(c4ccc(C(F)(F)F)nc4)CC3)CC2)cc1C(F)(F)F. The number of hydrogen-bond donors (Lipinski definition) is 1. The Hall–Kier alpha value is -3.07. The number of pyridine rings is 1. The molecule has 0 spiro atoms. The highest BCUT2D eigenvalue weighted by Gasteiger charge is 2.40. The highest BCUT2D eigenvalue weighted by molar-refractivity contribution is 7.80. The molecule has 2 aromatic rings. The second-order valence-electron chi connectivity index (χ2n) is 11.6. The smallest absolute Gasteiger partial charge is 0.382 e. The summed E-state index contributed by atoms with van der Waals surface area (Å²) in [5.74, 6) is 1.73. The third-order valence-electron chi connectivity index (χ3n) is 9.14. The first-order chi connectivity index (χ1) is 19.9.